The molecule has 0 spiro atoms. The van der Waals surface area contributed by atoms with E-state index in [0.717, 1.165) is 5.56 Å². The smallest absolute Gasteiger partial charge is 0.408 e. The Bertz CT molecular complexity index is 712. The highest BCUT2D eigenvalue weighted by atomic mass is 16.6. The lowest BCUT2D eigenvalue weighted by Crippen LogP contribution is -2.53. The van der Waals surface area contributed by atoms with Gasteiger partial charge in [-0.1, -0.05) is 19.9 Å². The molecule has 0 bridgehead atoms. The molecule has 1 amide bonds. The van der Waals surface area contributed by atoms with Crippen LogP contribution in [0.15, 0.2) is 18.2 Å². The molecule has 7 nitrogen and oxygen atoms in total. The Kier molecular flexibility index (Phi) is 9.15. The normalized spacial score (nSPS) is 15.7. The van der Waals surface area contributed by atoms with Gasteiger partial charge in [0.1, 0.15) is 28.9 Å². The molecule has 3 atom stereocenters. The number of aldehydes is 1. The molecule has 7 heteroatoms. The van der Waals surface area contributed by atoms with Crippen LogP contribution in [0.1, 0.15) is 59.9 Å². The van der Waals surface area contributed by atoms with Crippen LogP contribution in [0.3, 0.4) is 0 Å². The van der Waals surface area contributed by atoms with Crippen molar-refractivity contribution in [2.75, 3.05) is 20.8 Å². The van der Waals surface area contributed by atoms with Gasteiger partial charge in [0.2, 0.25) is 0 Å². The van der Waals surface area contributed by atoms with Crippen LogP contribution in [0, 0.1) is 5.92 Å². The minimum atomic E-state index is -1.21. The van der Waals surface area contributed by atoms with Crippen molar-refractivity contribution < 1.29 is 28.5 Å². The number of carbonyl (C=O) groups excluding carboxylic acids is 2. The Labute approximate surface area is 180 Å². The number of benzene rings is 1. The van der Waals surface area contributed by atoms with Gasteiger partial charge in [0.25, 0.3) is 0 Å². The number of nitrogens with one attached hydrogen (secondary N) is 1. The highest BCUT2D eigenvalue weighted by Crippen LogP contribution is 2.37. The molecule has 0 aromatic heterocycles. The number of methoxy groups -OCH3 is 2. The van der Waals surface area contributed by atoms with Crippen molar-refractivity contribution in [1.82, 2.24) is 5.32 Å². The molecule has 1 aromatic carbocycles. The number of ether oxygens (including phenoxy) is 4. The van der Waals surface area contributed by atoms with Crippen molar-refractivity contribution >= 4 is 12.4 Å². The van der Waals surface area contributed by atoms with Crippen LogP contribution in [-0.2, 0) is 14.3 Å². The third kappa shape index (κ3) is 7.52. The van der Waals surface area contributed by atoms with E-state index >= 15 is 0 Å². The van der Waals surface area contributed by atoms with Crippen molar-refractivity contribution in [3.63, 3.8) is 0 Å². The molecule has 0 aliphatic heterocycles. The summed E-state index contributed by atoms with van der Waals surface area (Å²) < 4.78 is 22.2. The maximum Gasteiger partial charge on any atom is 0.408 e. The van der Waals surface area contributed by atoms with Crippen LogP contribution >= 0.6 is 0 Å². The summed E-state index contributed by atoms with van der Waals surface area (Å²) in [6.07, 6.45) is -0.236. The molecule has 0 heterocycles. The molecule has 170 valence electrons. The molecule has 1 rings (SSSR count). The third-order valence-electron chi connectivity index (χ3n) is 4.72. The van der Waals surface area contributed by atoms with Gasteiger partial charge in [0, 0.05) is 17.5 Å². The Morgan fingerprint density at radius 3 is 2.20 bits per heavy atom. The van der Waals surface area contributed by atoms with Gasteiger partial charge < -0.3 is 29.1 Å². The van der Waals surface area contributed by atoms with Crippen molar-refractivity contribution in [2.24, 2.45) is 5.92 Å². The molecule has 0 unspecified atom stereocenters. The van der Waals surface area contributed by atoms with E-state index in [9.17, 15) is 9.59 Å². The molecule has 0 saturated carbocycles. The van der Waals surface area contributed by atoms with Crippen LogP contribution in [0.4, 0.5) is 4.79 Å². The first kappa shape index (κ1) is 25.8. The zero-order valence-electron chi connectivity index (χ0n) is 19.7. The van der Waals surface area contributed by atoms with Gasteiger partial charge in [-0.3, -0.25) is 0 Å². The highest BCUT2D eigenvalue weighted by Gasteiger charge is 2.32. The van der Waals surface area contributed by atoms with Crippen LogP contribution in [0.25, 0.3) is 0 Å². The maximum absolute atomic E-state index is 12.1. The summed E-state index contributed by atoms with van der Waals surface area (Å²) in [5.74, 6) is 1.67. The number of hydrogen-bond donors (Lipinski definition) is 1. The number of amides is 1. The van der Waals surface area contributed by atoms with E-state index in [1.165, 1.54) is 0 Å². The third-order valence-corrected chi connectivity index (χ3v) is 4.72. The molecule has 0 fully saturated rings. The lowest BCUT2D eigenvalue weighted by molar-refractivity contribution is -0.116. The molecular weight excluding hydrogens is 386 g/mol. The Balaban J connectivity index is 2.97. The van der Waals surface area contributed by atoms with E-state index in [1.54, 1.807) is 41.9 Å². The summed E-state index contributed by atoms with van der Waals surface area (Å²) in [5.41, 5.74) is -0.869. The second-order valence-corrected chi connectivity index (χ2v) is 9.06. The average Bonchev–Trinajstić information content (AvgIpc) is 2.64. The summed E-state index contributed by atoms with van der Waals surface area (Å²) in [4.78, 5) is 23.8. The molecule has 0 aliphatic rings. The van der Waals surface area contributed by atoms with Crippen LogP contribution in [0.2, 0.25) is 0 Å². The van der Waals surface area contributed by atoms with Gasteiger partial charge in [-0.2, -0.15) is 0 Å². The molecular formula is C23H37NO6. The molecule has 30 heavy (non-hydrogen) atoms. The zero-order chi connectivity index (χ0) is 23.1. The lowest BCUT2D eigenvalue weighted by Gasteiger charge is -2.33. The molecule has 0 radical (unpaired) electrons. The topological polar surface area (TPSA) is 83.1 Å². The number of rotatable bonds is 10. The number of alkyl carbamates (subject to hydrolysis) is 1. The SMILES string of the molecule is COc1ccc([C@H](C(C)C)[C@H](C)OC[C@](C)(C=O)NC(=O)OC(C)(C)C)c(OC)c1. The average molecular weight is 424 g/mol. The Hall–Kier alpha value is -2.28. The van der Waals surface area contributed by atoms with Crippen LogP contribution < -0.4 is 14.8 Å². The molecule has 0 aliphatic carbocycles. The van der Waals surface area contributed by atoms with Crippen molar-refractivity contribution in [3.8, 4) is 11.5 Å². The van der Waals surface area contributed by atoms with E-state index in [4.69, 9.17) is 18.9 Å². The first-order chi connectivity index (χ1) is 13.9. The van der Waals surface area contributed by atoms with E-state index in [0.29, 0.717) is 17.8 Å². The van der Waals surface area contributed by atoms with Gasteiger partial charge in [-0.15, -0.1) is 0 Å². The molecule has 0 saturated heterocycles. The molecule has 1 aromatic rings. The zero-order valence-corrected chi connectivity index (χ0v) is 19.7. The predicted octanol–water partition coefficient (Wildman–Crippen LogP) is 4.33. The first-order valence-corrected chi connectivity index (χ1v) is 10.2. The fraction of sp³-hybridized carbons (Fsp3) is 0.652. The molecule has 1 N–H and O–H groups in total. The van der Waals surface area contributed by atoms with E-state index in [2.05, 4.69) is 19.2 Å². The van der Waals surface area contributed by atoms with E-state index < -0.39 is 17.2 Å². The summed E-state index contributed by atoms with van der Waals surface area (Å²) in [6, 6.07) is 5.71. The van der Waals surface area contributed by atoms with Crippen molar-refractivity contribution in [2.45, 2.75) is 71.6 Å². The largest absolute Gasteiger partial charge is 0.497 e. The fourth-order valence-corrected chi connectivity index (χ4v) is 3.29. The quantitative estimate of drug-likeness (QED) is 0.564. The van der Waals surface area contributed by atoms with Crippen molar-refractivity contribution in [3.05, 3.63) is 23.8 Å². The number of hydrogen-bond acceptors (Lipinski definition) is 6. The lowest BCUT2D eigenvalue weighted by atomic mass is 9.83. The summed E-state index contributed by atoms with van der Waals surface area (Å²) in [6.45, 7) is 13.1. The summed E-state index contributed by atoms with van der Waals surface area (Å²) >= 11 is 0. The second-order valence-electron chi connectivity index (χ2n) is 9.06. The van der Waals surface area contributed by atoms with Gasteiger partial charge >= 0.3 is 6.09 Å². The Morgan fingerprint density at radius 2 is 1.73 bits per heavy atom. The minimum Gasteiger partial charge on any atom is -0.497 e. The van der Waals surface area contributed by atoms with Gasteiger partial charge in [0.15, 0.2) is 0 Å². The van der Waals surface area contributed by atoms with Crippen LogP contribution in [0.5, 0.6) is 11.5 Å². The summed E-state index contributed by atoms with van der Waals surface area (Å²) in [5, 5.41) is 2.61. The standard InChI is InChI=1S/C23H37NO6/c1-15(2)20(18-11-10-17(27-8)12-19(18)28-9)16(3)29-14-23(7,13-25)24-21(26)30-22(4,5)6/h10-13,15-16,20H,14H2,1-9H3,(H,24,26)/t16-,20+,23-/m0/s1. The monoisotopic (exact) mass is 423 g/mol. The van der Waals surface area contributed by atoms with E-state index in [-0.39, 0.29) is 24.5 Å². The van der Waals surface area contributed by atoms with Crippen molar-refractivity contribution in [1.29, 1.82) is 0 Å². The van der Waals surface area contributed by atoms with Crippen LogP contribution in [-0.4, -0.2) is 50.4 Å². The van der Waals surface area contributed by atoms with Gasteiger partial charge in [0.05, 0.1) is 26.9 Å². The summed E-state index contributed by atoms with van der Waals surface area (Å²) in [7, 11) is 3.23. The number of carbonyl (C=O) groups is 2. The highest BCUT2D eigenvalue weighted by molar-refractivity contribution is 5.76. The van der Waals surface area contributed by atoms with Gasteiger partial charge in [-0.25, -0.2) is 4.79 Å². The fourth-order valence-electron chi connectivity index (χ4n) is 3.29. The first-order valence-electron chi connectivity index (χ1n) is 10.2. The van der Waals surface area contributed by atoms with Gasteiger partial charge in [-0.05, 0) is 46.6 Å². The minimum absolute atomic E-state index is 0.00304. The maximum atomic E-state index is 12.1. The Morgan fingerprint density at radius 1 is 1.10 bits per heavy atom. The van der Waals surface area contributed by atoms with E-state index in [1.807, 2.05) is 25.1 Å². The predicted molar refractivity (Wildman–Crippen MR) is 116 cm³/mol. The second kappa shape index (κ2) is 10.7.